The molecule has 0 rings (SSSR count). The Morgan fingerprint density at radius 1 is 1.06 bits per heavy atom. The third-order valence-electron chi connectivity index (χ3n) is 1.50. The Labute approximate surface area is 136 Å². The molecule has 0 fully saturated rings. The quantitative estimate of drug-likeness (QED) is 0.302. The summed E-state index contributed by atoms with van der Waals surface area (Å²) in [6, 6.07) is 0. The summed E-state index contributed by atoms with van der Waals surface area (Å²) in [6.07, 6.45) is -8.08. The second kappa shape index (κ2) is 12.7. The molecule has 6 N–H and O–H groups in total. The van der Waals surface area contributed by atoms with Gasteiger partial charge in [-0.2, -0.15) is 0 Å². The van der Waals surface area contributed by atoms with Crippen LogP contribution in [0, 0.1) is 0 Å². The van der Waals surface area contributed by atoms with E-state index in [-0.39, 0.29) is 64.6 Å². The summed E-state index contributed by atoms with van der Waals surface area (Å²) in [5.41, 5.74) is 0. The maximum Gasteiger partial charge on any atom is 1.00 e. The molecule has 0 aliphatic carbocycles. The van der Waals surface area contributed by atoms with Crippen molar-refractivity contribution in [3.63, 3.8) is 0 Å². The first-order chi connectivity index (χ1) is 5.91. The summed E-state index contributed by atoms with van der Waals surface area (Å²) < 4.78 is 0. The molecule has 0 aromatic heterocycles. The molecule has 4 atom stereocenters. The van der Waals surface area contributed by atoms with Gasteiger partial charge < -0.3 is 40.9 Å². The van der Waals surface area contributed by atoms with Crippen LogP contribution in [0.1, 0.15) is 0 Å². The largest absolute Gasteiger partial charge is 1.00 e. The van der Waals surface area contributed by atoms with E-state index in [0.29, 0.717) is 0 Å². The molecular formula is C6H12Na2O8. The number of carboxylic acid groups (broad SMARTS) is 1. The van der Waals surface area contributed by atoms with E-state index in [1.807, 2.05) is 0 Å². The average Bonchev–Trinajstić information content (AvgIpc) is 2.12. The van der Waals surface area contributed by atoms with Crippen LogP contribution in [0.4, 0.5) is 0 Å². The maximum atomic E-state index is 9.98. The van der Waals surface area contributed by atoms with Crippen LogP contribution in [-0.4, -0.2) is 68.0 Å². The van der Waals surface area contributed by atoms with Crippen molar-refractivity contribution in [2.45, 2.75) is 24.4 Å². The van der Waals surface area contributed by atoms with Gasteiger partial charge in [0.15, 0.2) is 0 Å². The first-order valence-corrected chi connectivity index (χ1v) is 3.45. The monoisotopic (exact) mass is 258 g/mol. The normalized spacial score (nSPS) is 16.6. The van der Waals surface area contributed by atoms with E-state index in [0.717, 1.165) is 0 Å². The van der Waals surface area contributed by atoms with Crippen molar-refractivity contribution in [2.75, 3.05) is 6.61 Å². The van der Waals surface area contributed by atoms with Crippen LogP contribution in [0.25, 0.3) is 0 Å². The Morgan fingerprint density at radius 3 is 1.69 bits per heavy atom. The fraction of sp³-hybridized carbons (Fsp3) is 0.833. The van der Waals surface area contributed by atoms with Gasteiger partial charge in [-0.1, -0.05) is 0 Å². The van der Waals surface area contributed by atoms with Crippen molar-refractivity contribution in [3.8, 4) is 0 Å². The van der Waals surface area contributed by atoms with Crippen molar-refractivity contribution in [1.82, 2.24) is 0 Å². The number of carbonyl (C=O) groups excluding carboxylic acids is 1. The number of hydrogen-bond donors (Lipinski definition) is 5. The number of aliphatic carboxylic acids is 1. The van der Waals surface area contributed by atoms with Crippen molar-refractivity contribution in [2.24, 2.45) is 0 Å². The zero-order valence-corrected chi connectivity index (χ0v) is 13.0. The van der Waals surface area contributed by atoms with E-state index in [1.54, 1.807) is 0 Å². The van der Waals surface area contributed by atoms with Crippen LogP contribution < -0.4 is 64.2 Å². The number of rotatable bonds is 5. The Kier molecular flexibility index (Phi) is 20.6. The summed E-state index contributed by atoms with van der Waals surface area (Å²) in [5, 5.41) is 53.4. The SMILES string of the molecule is O=C([O-])[C@H](O)[C@@H](O)[C@H](O)[C@H](O)CO.[Na+].[Na+].[OH-]. The third-order valence-corrected chi connectivity index (χ3v) is 1.50. The number of aliphatic hydroxyl groups excluding tert-OH is 5. The van der Waals surface area contributed by atoms with E-state index >= 15 is 0 Å². The van der Waals surface area contributed by atoms with E-state index in [4.69, 9.17) is 25.5 Å². The molecule has 0 radical (unpaired) electrons. The van der Waals surface area contributed by atoms with Crippen LogP contribution in [0.5, 0.6) is 0 Å². The Balaban J connectivity index is -0.000000240. The zero-order valence-electron chi connectivity index (χ0n) is 9.02. The average molecular weight is 258 g/mol. The molecule has 0 bridgehead atoms. The topological polar surface area (TPSA) is 171 Å². The molecule has 16 heavy (non-hydrogen) atoms. The molecule has 0 aliphatic heterocycles. The van der Waals surface area contributed by atoms with Crippen LogP contribution in [0.15, 0.2) is 0 Å². The van der Waals surface area contributed by atoms with Gasteiger partial charge in [0.2, 0.25) is 0 Å². The fourth-order valence-corrected chi connectivity index (χ4v) is 0.662. The molecule has 0 saturated carbocycles. The molecular weight excluding hydrogens is 246 g/mol. The molecule has 0 amide bonds. The first kappa shape index (κ1) is 25.9. The number of hydrogen-bond acceptors (Lipinski definition) is 8. The van der Waals surface area contributed by atoms with Gasteiger partial charge in [0.25, 0.3) is 0 Å². The van der Waals surface area contributed by atoms with Crippen molar-refractivity contribution < 1.29 is 100 Å². The van der Waals surface area contributed by atoms with Gasteiger partial charge in [-0.3, -0.25) is 0 Å². The zero-order chi connectivity index (χ0) is 10.6. The molecule has 86 valence electrons. The van der Waals surface area contributed by atoms with Gasteiger partial charge in [-0.25, -0.2) is 0 Å². The maximum absolute atomic E-state index is 9.98. The summed E-state index contributed by atoms with van der Waals surface area (Å²) >= 11 is 0. The molecule has 0 aromatic carbocycles. The van der Waals surface area contributed by atoms with Gasteiger partial charge in [-0.05, 0) is 0 Å². The summed E-state index contributed by atoms with van der Waals surface area (Å²) in [6.45, 7) is -0.863. The van der Waals surface area contributed by atoms with Crippen LogP contribution in [0.2, 0.25) is 0 Å². The molecule has 0 aliphatic rings. The fourth-order valence-electron chi connectivity index (χ4n) is 0.662. The predicted molar refractivity (Wildman–Crippen MR) is 38.1 cm³/mol. The van der Waals surface area contributed by atoms with E-state index in [9.17, 15) is 9.90 Å². The third kappa shape index (κ3) is 8.34. The smallest absolute Gasteiger partial charge is 0.870 e. The molecule has 0 saturated heterocycles. The van der Waals surface area contributed by atoms with E-state index in [2.05, 4.69) is 0 Å². The Bertz CT molecular complexity index is 180. The second-order valence-electron chi connectivity index (χ2n) is 2.49. The Morgan fingerprint density at radius 2 is 1.44 bits per heavy atom. The standard InChI is InChI=1S/C6H12O7.2Na.H2O/c7-1-2(8)3(9)4(10)5(11)6(12)13;;;/h2-5,7-11H,1H2,(H,12,13);;;1H2/q;2*+1;/p-2/t2-,3-,4+,5-;;;/m1.../s1. The van der Waals surface area contributed by atoms with Crippen molar-refractivity contribution in [1.29, 1.82) is 0 Å². The molecule has 0 spiro atoms. The van der Waals surface area contributed by atoms with Crippen LogP contribution >= 0.6 is 0 Å². The number of carboxylic acids is 1. The summed E-state index contributed by atoms with van der Waals surface area (Å²) in [5.74, 6) is -1.98. The number of aliphatic hydroxyl groups is 5. The van der Waals surface area contributed by atoms with Gasteiger partial charge in [-0.15, -0.1) is 0 Å². The van der Waals surface area contributed by atoms with Gasteiger partial charge in [0.1, 0.15) is 24.4 Å². The molecule has 10 heteroatoms. The summed E-state index contributed by atoms with van der Waals surface area (Å²) in [7, 11) is 0. The predicted octanol–water partition coefficient (Wildman–Crippen LogP) is -11.0. The minimum absolute atomic E-state index is 0. The van der Waals surface area contributed by atoms with Crippen molar-refractivity contribution in [3.05, 3.63) is 0 Å². The molecule has 8 nitrogen and oxygen atoms in total. The first-order valence-electron chi connectivity index (χ1n) is 3.45. The minimum atomic E-state index is -2.31. The van der Waals surface area contributed by atoms with Gasteiger partial charge >= 0.3 is 59.1 Å². The summed E-state index contributed by atoms with van der Waals surface area (Å²) in [4.78, 5) is 9.98. The molecule has 0 unspecified atom stereocenters. The van der Waals surface area contributed by atoms with Crippen LogP contribution in [0.3, 0.4) is 0 Å². The van der Waals surface area contributed by atoms with Crippen molar-refractivity contribution >= 4 is 5.97 Å². The molecule has 0 heterocycles. The van der Waals surface area contributed by atoms with Gasteiger partial charge in [0, 0.05) is 0 Å². The van der Waals surface area contributed by atoms with Crippen LogP contribution in [-0.2, 0) is 4.79 Å². The van der Waals surface area contributed by atoms with E-state index < -0.39 is 37.0 Å². The second-order valence-corrected chi connectivity index (χ2v) is 2.49. The Hall–Kier alpha value is 1.23. The number of carbonyl (C=O) groups is 1. The minimum Gasteiger partial charge on any atom is -0.870 e. The molecule has 0 aromatic rings. The van der Waals surface area contributed by atoms with E-state index in [1.165, 1.54) is 0 Å². The van der Waals surface area contributed by atoms with Gasteiger partial charge in [0.05, 0.1) is 12.6 Å².